The first-order chi connectivity index (χ1) is 15.8. The van der Waals surface area contributed by atoms with Gasteiger partial charge in [-0.2, -0.15) is 4.98 Å². The molecule has 33 heavy (non-hydrogen) atoms. The molecule has 0 aliphatic heterocycles. The fraction of sp³-hybridized carbons (Fsp3) is 0.0952. The summed E-state index contributed by atoms with van der Waals surface area (Å²) in [6, 6.07) is 12.3. The van der Waals surface area contributed by atoms with Crippen molar-refractivity contribution in [2.24, 2.45) is 5.16 Å². The number of pyridine rings is 1. The Kier molecular flexibility index (Phi) is 6.16. The number of halogens is 2. The second-order valence-electron chi connectivity index (χ2n) is 7.08. The molecule has 170 valence electrons. The average molecular weight is 489 g/mol. The van der Waals surface area contributed by atoms with E-state index in [1.807, 2.05) is 0 Å². The van der Waals surface area contributed by atoms with Crippen LogP contribution in [-0.4, -0.2) is 40.7 Å². The molecule has 0 saturated heterocycles. The van der Waals surface area contributed by atoms with Gasteiger partial charge in [-0.3, -0.25) is 0 Å². The van der Waals surface area contributed by atoms with Gasteiger partial charge < -0.3 is 20.8 Å². The molecular weight excluding hydrogens is 471 g/mol. The summed E-state index contributed by atoms with van der Waals surface area (Å²) in [5.41, 5.74) is 2.24. The number of anilines is 2. The lowest BCUT2D eigenvalue weighted by Crippen LogP contribution is -2.14. The van der Waals surface area contributed by atoms with E-state index in [1.165, 1.54) is 24.4 Å². The molecule has 0 fully saturated rings. The van der Waals surface area contributed by atoms with E-state index in [9.17, 15) is 18.0 Å². The van der Waals surface area contributed by atoms with Gasteiger partial charge in [-0.25, -0.2) is 17.8 Å². The summed E-state index contributed by atoms with van der Waals surface area (Å²) in [5.74, 6) is -0.171. The molecule has 4 aromatic rings. The predicted octanol–water partition coefficient (Wildman–Crippen LogP) is 4.01. The van der Waals surface area contributed by atoms with Gasteiger partial charge in [0, 0.05) is 30.2 Å². The van der Waals surface area contributed by atoms with Gasteiger partial charge in [0.2, 0.25) is 5.95 Å². The maximum absolute atomic E-state index is 13.4. The number of aromatic amines is 1. The second kappa shape index (κ2) is 9.04. The lowest BCUT2D eigenvalue weighted by molar-refractivity contribution is 0.319. The van der Waals surface area contributed by atoms with Crippen LogP contribution in [0, 0.1) is 5.82 Å². The highest BCUT2D eigenvalue weighted by Crippen LogP contribution is 2.23. The smallest absolute Gasteiger partial charge is 0.203 e. The van der Waals surface area contributed by atoms with Crippen LogP contribution >= 0.6 is 11.6 Å². The van der Waals surface area contributed by atoms with E-state index in [2.05, 4.69) is 30.7 Å². The third-order valence-corrected chi connectivity index (χ3v) is 6.23. The minimum absolute atomic E-state index is 0.0581. The third kappa shape index (κ3) is 4.89. The van der Waals surface area contributed by atoms with Crippen molar-refractivity contribution in [1.82, 2.24) is 15.0 Å². The Labute approximate surface area is 193 Å². The lowest BCUT2D eigenvalue weighted by Gasteiger charge is -2.09. The number of hydrogen-bond acceptors (Lipinski definition) is 7. The number of fused-ring (bicyclic) bond motifs is 1. The standard InChI is InChI=1S/C21H18ClFN6O3S/c1-33(31,32)17-5-3-2-4-12(17)11-25-21-27-18-14(8-9-24-20(18)28-21)19(29-30)26-13-6-7-16(23)15(22)10-13/h2-10,30H,11H2,1H3,(H,26,29)(H2,24,25,27,28). The van der Waals surface area contributed by atoms with Gasteiger partial charge in [-0.05, 0) is 35.9 Å². The SMILES string of the molecule is CS(=O)(=O)c1ccccc1CNc1nc2nccc(/C(=N\O)Nc3ccc(F)c(Cl)c3)c2[nH]1. The molecule has 0 atom stereocenters. The third-order valence-electron chi connectivity index (χ3n) is 4.75. The summed E-state index contributed by atoms with van der Waals surface area (Å²) in [7, 11) is -3.39. The van der Waals surface area contributed by atoms with E-state index in [0.29, 0.717) is 33.9 Å². The van der Waals surface area contributed by atoms with Crippen molar-refractivity contribution in [2.75, 3.05) is 16.9 Å². The Morgan fingerprint density at radius 3 is 2.76 bits per heavy atom. The number of imidazole rings is 1. The van der Waals surface area contributed by atoms with Crippen LogP contribution in [0.4, 0.5) is 16.0 Å². The van der Waals surface area contributed by atoms with Crippen LogP contribution in [0.5, 0.6) is 0 Å². The van der Waals surface area contributed by atoms with Crippen molar-refractivity contribution in [3.63, 3.8) is 0 Å². The monoisotopic (exact) mass is 488 g/mol. The molecule has 4 N–H and O–H groups in total. The Balaban J connectivity index is 1.61. The molecular formula is C21H18ClFN6O3S. The number of aromatic nitrogens is 3. The van der Waals surface area contributed by atoms with Crippen molar-refractivity contribution in [3.8, 4) is 0 Å². The van der Waals surface area contributed by atoms with E-state index in [1.54, 1.807) is 30.3 Å². The van der Waals surface area contributed by atoms with E-state index < -0.39 is 15.7 Å². The Bertz CT molecular complexity index is 1470. The van der Waals surface area contributed by atoms with E-state index in [4.69, 9.17) is 11.6 Å². The van der Waals surface area contributed by atoms with Crippen LogP contribution in [-0.2, 0) is 16.4 Å². The Morgan fingerprint density at radius 1 is 1.24 bits per heavy atom. The normalized spacial score (nSPS) is 12.2. The topological polar surface area (TPSA) is 132 Å². The summed E-state index contributed by atoms with van der Waals surface area (Å²) in [6.45, 7) is 0.200. The number of amidine groups is 1. The van der Waals surface area contributed by atoms with Gasteiger partial charge in [0.1, 0.15) is 5.82 Å². The molecule has 12 heteroatoms. The fourth-order valence-corrected chi connectivity index (χ4v) is 4.36. The summed E-state index contributed by atoms with van der Waals surface area (Å²) in [4.78, 5) is 11.9. The molecule has 0 amide bonds. The molecule has 2 aromatic heterocycles. The van der Waals surface area contributed by atoms with Crippen LogP contribution in [0.1, 0.15) is 11.1 Å². The van der Waals surface area contributed by atoms with Crippen LogP contribution in [0.2, 0.25) is 5.02 Å². The number of nitrogens with zero attached hydrogens (tertiary/aromatic N) is 3. The van der Waals surface area contributed by atoms with E-state index >= 15 is 0 Å². The highest BCUT2D eigenvalue weighted by Gasteiger charge is 2.16. The zero-order chi connectivity index (χ0) is 23.6. The highest BCUT2D eigenvalue weighted by molar-refractivity contribution is 7.90. The quantitative estimate of drug-likeness (QED) is 0.139. The first kappa shape index (κ1) is 22.5. The molecule has 0 aliphatic rings. The van der Waals surface area contributed by atoms with Crippen LogP contribution < -0.4 is 10.6 Å². The molecule has 4 rings (SSSR count). The minimum Gasteiger partial charge on any atom is -0.409 e. The first-order valence-electron chi connectivity index (χ1n) is 9.57. The lowest BCUT2D eigenvalue weighted by atomic mass is 10.2. The largest absolute Gasteiger partial charge is 0.409 e. The van der Waals surface area contributed by atoms with Crippen molar-refractivity contribution in [2.45, 2.75) is 11.4 Å². The summed E-state index contributed by atoms with van der Waals surface area (Å²) >= 11 is 5.82. The van der Waals surface area contributed by atoms with Gasteiger partial charge in [0.05, 0.1) is 15.4 Å². The molecule has 0 bridgehead atoms. The number of oxime groups is 1. The molecule has 0 aliphatic carbocycles. The summed E-state index contributed by atoms with van der Waals surface area (Å²) in [6.07, 6.45) is 2.64. The first-order valence-corrected chi connectivity index (χ1v) is 11.8. The van der Waals surface area contributed by atoms with Crippen LogP contribution in [0.15, 0.2) is 64.8 Å². The predicted molar refractivity (Wildman–Crippen MR) is 124 cm³/mol. The zero-order valence-electron chi connectivity index (χ0n) is 17.2. The zero-order valence-corrected chi connectivity index (χ0v) is 18.7. The molecule has 2 aromatic carbocycles. The number of H-pyrrole nitrogens is 1. The van der Waals surface area contributed by atoms with Crippen LogP contribution in [0.3, 0.4) is 0 Å². The van der Waals surface area contributed by atoms with Crippen molar-refractivity contribution < 1.29 is 18.0 Å². The number of rotatable bonds is 6. The molecule has 0 saturated carbocycles. The van der Waals surface area contributed by atoms with Gasteiger partial charge >= 0.3 is 0 Å². The van der Waals surface area contributed by atoms with Gasteiger partial charge in [-0.15, -0.1) is 0 Å². The maximum atomic E-state index is 13.4. The Hall–Kier alpha value is -3.70. The fourth-order valence-electron chi connectivity index (χ4n) is 3.24. The second-order valence-corrected chi connectivity index (χ2v) is 9.47. The molecule has 9 nitrogen and oxygen atoms in total. The number of nitrogens with one attached hydrogen (secondary N) is 3. The van der Waals surface area contributed by atoms with Crippen LogP contribution in [0.25, 0.3) is 11.2 Å². The summed E-state index contributed by atoms with van der Waals surface area (Å²) < 4.78 is 37.5. The molecule has 0 spiro atoms. The Morgan fingerprint density at radius 2 is 2.03 bits per heavy atom. The van der Waals surface area contributed by atoms with E-state index in [-0.39, 0.29) is 22.3 Å². The van der Waals surface area contributed by atoms with Gasteiger partial charge in [0.25, 0.3) is 0 Å². The number of sulfone groups is 1. The molecule has 0 radical (unpaired) electrons. The maximum Gasteiger partial charge on any atom is 0.203 e. The van der Waals surface area contributed by atoms with Gasteiger partial charge in [-0.1, -0.05) is 35.0 Å². The highest BCUT2D eigenvalue weighted by atomic mass is 35.5. The number of benzene rings is 2. The van der Waals surface area contributed by atoms with Crippen molar-refractivity contribution in [3.05, 3.63) is 76.7 Å². The average Bonchev–Trinajstić information content (AvgIpc) is 3.21. The molecule has 0 unspecified atom stereocenters. The van der Waals surface area contributed by atoms with Gasteiger partial charge in [0.15, 0.2) is 21.3 Å². The van der Waals surface area contributed by atoms with E-state index in [0.717, 1.165) is 6.26 Å². The number of hydrogen-bond donors (Lipinski definition) is 4. The minimum atomic E-state index is -3.39. The van der Waals surface area contributed by atoms with Crippen molar-refractivity contribution >= 4 is 50.1 Å². The summed E-state index contributed by atoms with van der Waals surface area (Å²) in [5, 5.41) is 18.7. The van der Waals surface area contributed by atoms with Crippen molar-refractivity contribution in [1.29, 1.82) is 0 Å². The molecule has 2 heterocycles.